The molecule has 0 aliphatic heterocycles. The Hall–Kier alpha value is 0.710. The molecular formula is C16H16Br3Cl2NO. The minimum Gasteiger partial charge on any atom is -0.323 e. The summed E-state index contributed by atoms with van der Waals surface area (Å²) in [6, 6.07) is 5.22. The van der Waals surface area contributed by atoms with Crippen molar-refractivity contribution < 1.29 is 4.79 Å². The number of benzene rings is 1. The zero-order chi connectivity index (χ0) is 17.2. The molecule has 0 spiro atoms. The van der Waals surface area contributed by atoms with Gasteiger partial charge in [-0.15, -0.1) is 0 Å². The van der Waals surface area contributed by atoms with Gasteiger partial charge in [-0.05, 0) is 30.4 Å². The molecule has 126 valence electrons. The molecule has 2 nitrogen and oxygen atoms in total. The predicted molar refractivity (Wildman–Crippen MR) is 107 cm³/mol. The molecule has 3 saturated carbocycles. The van der Waals surface area contributed by atoms with Crippen molar-refractivity contribution in [2.45, 2.75) is 35.3 Å². The Labute approximate surface area is 171 Å². The highest BCUT2D eigenvalue weighted by Gasteiger charge is 2.83. The van der Waals surface area contributed by atoms with E-state index in [-0.39, 0.29) is 25.3 Å². The third-order valence-corrected chi connectivity index (χ3v) is 9.96. The van der Waals surface area contributed by atoms with E-state index in [1.165, 1.54) is 0 Å². The Bertz CT molecular complexity index is 661. The molecule has 3 aliphatic rings. The van der Waals surface area contributed by atoms with Gasteiger partial charge in [-0.25, -0.2) is 0 Å². The first kappa shape index (κ1) is 18.5. The summed E-state index contributed by atoms with van der Waals surface area (Å²) >= 11 is 23.6. The Kier molecular flexibility index (Phi) is 4.72. The lowest BCUT2D eigenvalue weighted by molar-refractivity contribution is -0.155. The quantitative estimate of drug-likeness (QED) is 0.423. The van der Waals surface area contributed by atoms with Crippen LogP contribution in [0.2, 0.25) is 10.0 Å². The molecule has 3 unspecified atom stereocenters. The van der Waals surface area contributed by atoms with Gasteiger partial charge in [0.25, 0.3) is 0 Å². The molecule has 23 heavy (non-hydrogen) atoms. The standard InChI is InChI=1S/C16H16Br3Cl2NO/c1-14(2)15(12(18)19)6-7-16(14,11(15)17)13(23)22-10-8(20)4-3-5-9(10)21/h3-5,11-12H,6-7H2,1-2H3,(H,22,23). The number of carbonyl (C=O) groups is 1. The second-order valence-electron chi connectivity index (χ2n) is 6.85. The van der Waals surface area contributed by atoms with Gasteiger partial charge >= 0.3 is 0 Å². The van der Waals surface area contributed by atoms with E-state index in [0.29, 0.717) is 15.7 Å². The van der Waals surface area contributed by atoms with Crippen LogP contribution in [0.5, 0.6) is 0 Å². The van der Waals surface area contributed by atoms with Gasteiger partial charge in [0.15, 0.2) is 0 Å². The molecule has 0 aromatic heterocycles. The van der Waals surface area contributed by atoms with E-state index in [4.69, 9.17) is 23.2 Å². The van der Waals surface area contributed by atoms with Crippen LogP contribution in [0.3, 0.4) is 0 Å². The summed E-state index contributed by atoms with van der Waals surface area (Å²) in [5.41, 5.74) is -0.155. The van der Waals surface area contributed by atoms with Crippen LogP contribution < -0.4 is 5.32 Å². The van der Waals surface area contributed by atoms with Crippen LogP contribution in [0.25, 0.3) is 0 Å². The van der Waals surface area contributed by atoms with E-state index < -0.39 is 5.41 Å². The largest absolute Gasteiger partial charge is 0.323 e. The van der Waals surface area contributed by atoms with Crippen molar-refractivity contribution in [3.63, 3.8) is 0 Å². The fourth-order valence-corrected chi connectivity index (χ4v) is 9.95. The topological polar surface area (TPSA) is 29.1 Å². The number of carbonyl (C=O) groups excluding carboxylic acids is 1. The van der Waals surface area contributed by atoms with Crippen LogP contribution in [-0.4, -0.2) is 14.5 Å². The molecule has 3 fully saturated rings. The smallest absolute Gasteiger partial charge is 0.232 e. The third-order valence-electron chi connectivity index (χ3n) is 6.09. The van der Waals surface area contributed by atoms with Gasteiger partial charge in [-0.1, -0.05) is 90.9 Å². The Morgan fingerprint density at radius 3 is 2.26 bits per heavy atom. The average molecular weight is 549 g/mol. The number of fused-ring (bicyclic) bond motifs is 1. The molecule has 1 aromatic rings. The van der Waals surface area contributed by atoms with Crippen LogP contribution in [0.1, 0.15) is 26.7 Å². The Morgan fingerprint density at radius 1 is 1.26 bits per heavy atom. The Morgan fingerprint density at radius 2 is 1.83 bits per heavy atom. The highest BCUT2D eigenvalue weighted by Crippen LogP contribution is 2.82. The van der Waals surface area contributed by atoms with E-state index in [0.717, 1.165) is 12.8 Å². The molecule has 0 saturated heterocycles. The molecule has 1 aromatic carbocycles. The van der Waals surface area contributed by atoms with Crippen LogP contribution in [0.4, 0.5) is 5.69 Å². The van der Waals surface area contributed by atoms with Crippen LogP contribution in [0, 0.1) is 16.2 Å². The second-order valence-corrected chi connectivity index (χ2v) is 11.6. The monoisotopic (exact) mass is 545 g/mol. The van der Waals surface area contributed by atoms with Crippen molar-refractivity contribution in [2.24, 2.45) is 16.2 Å². The number of para-hydroxylation sites is 1. The molecule has 0 radical (unpaired) electrons. The molecule has 3 aliphatic carbocycles. The number of hydrogen-bond donors (Lipinski definition) is 1. The molecule has 4 rings (SSSR count). The number of hydrogen-bond acceptors (Lipinski definition) is 1. The number of anilines is 1. The zero-order valence-corrected chi connectivity index (χ0v) is 18.9. The number of rotatable bonds is 3. The number of amides is 1. The van der Waals surface area contributed by atoms with E-state index in [1.807, 2.05) is 0 Å². The van der Waals surface area contributed by atoms with Gasteiger partial charge in [0.05, 0.1) is 24.9 Å². The highest BCUT2D eigenvalue weighted by atomic mass is 79.9. The van der Waals surface area contributed by atoms with Crippen molar-refractivity contribution in [1.29, 1.82) is 0 Å². The van der Waals surface area contributed by atoms with E-state index in [2.05, 4.69) is 67.0 Å². The summed E-state index contributed by atoms with van der Waals surface area (Å²) in [6.07, 6.45) is 1.80. The SMILES string of the molecule is CC1(C)C2(C(=O)Nc3c(Cl)cccc3Cl)CCC1(C(Br)Br)C2Br. The summed E-state index contributed by atoms with van der Waals surface area (Å²) in [5, 5.41) is 3.88. The van der Waals surface area contributed by atoms with Gasteiger partial charge in [-0.2, -0.15) is 0 Å². The lowest BCUT2D eigenvalue weighted by atomic mass is 9.43. The third kappa shape index (κ3) is 2.12. The molecule has 2 bridgehead atoms. The maximum Gasteiger partial charge on any atom is 0.232 e. The molecular weight excluding hydrogens is 533 g/mol. The van der Waals surface area contributed by atoms with Crippen LogP contribution in [-0.2, 0) is 4.79 Å². The summed E-state index contributed by atoms with van der Waals surface area (Å²) < 4.78 is 0.147. The van der Waals surface area contributed by atoms with Crippen molar-refractivity contribution in [2.75, 3.05) is 5.32 Å². The molecule has 1 N–H and O–H groups in total. The fourth-order valence-electron chi connectivity index (χ4n) is 4.54. The molecule has 3 atom stereocenters. The predicted octanol–water partition coefficient (Wildman–Crippen LogP) is 6.62. The summed E-state index contributed by atoms with van der Waals surface area (Å²) in [5.74, 6) is -0.0202. The van der Waals surface area contributed by atoms with Crippen molar-refractivity contribution in [3.05, 3.63) is 28.2 Å². The zero-order valence-electron chi connectivity index (χ0n) is 12.6. The van der Waals surface area contributed by atoms with E-state index in [1.54, 1.807) is 18.2 Å². The Balaban J connectivity index is 1.95. The van der Waals surface area contributed by atoms with Gasteiger partial charge in [0.2, 0.25) is 5.91 Å². The summed E-state index contributed by atoms with van der Waals surface area (Å²) in [6.45, 7) is 4.34. The maximum absolute atomic E-state index is 13.2. The van der Waals surface area contributed by atoms with Gasteiger partial charge in [-0.3, -0.25) is 4.79 Å². The molecule has 1 amide bonds. The average Bonchev–Trinajstić information content (AvgIpc) is 2.92. The molecule has 7 heteroatoms. The lowest BCUT2D eigenvalue weighted by Gasteiger charge is -2.66. The number of halogens is 5. The van der Waals surface area contributed by atoms with Gasteiger partial charge in [0.1, 0.15) is 0 Å². The van der Waals surface area contributed by atoms with Crippen LogP contribution in [0.15, 0.2) is 18.2 Å². The van der Waals surface area contributed by atoms with Gasteiger partial charge < -0.3 is 5.32 Å². The number of nitrogens with one attached hydrogen (secondary N) is 1. The van der Waals surface area contributed by atoms with Gasteiger partial charge in [0, 0.05) is 10.2 Å². The minimum absolute atomic E-state index is 0.00534. The maximum atomic E-state index is 13.2. The lowest BCUT2D eigenvalue weighted by Crippen LogP contribution is -2.71. The van der Waals surface area contributed by atoms with Crippen molar-refractivity contribution in [1.82, 2.24) is 0 Å². The first-order valence-corrected chi connectivity index (χ1v) is 10.8. The minimum atomic E-state index is -0.477. The van der Waals surface area contributed by atoms with Crippen LogP contribution >= 0.6 is 71.0 Å². The summed E-state index contributed by atoms with van der Waals surface area (Å²) in [4.78, 5) is 13.3. The summed E-state index contributed by atoms with van der Waals surface area (Å²) in [7, 11) is 0. The van der Waals surface area contributed by atoms with E-state index in [9.17, 15) is 4.79 Å². The van der Waals surface area contributed by atoms with E-state index >= 15 is 0 Å². The second kappa shape index (κ2) is 5.87. The first-order valence-electron chi connectivity index (χ1n) is 7.30. The van der Waals surface area contributed by atoms with Crippen molar-refractivity contribution >= 4 is 82.6 Å². The number of alkyl halides is 3. The highest BCUT2D eigenvalue weighted by molar-refractivity contribution is 9.24. The van der Waals surface area contributed by atoms with Crippen molar-refractivity contribution in [3.8, 4) is 0 Å². The fraction of sp³-hybridized carbons (Fsp3) is 0.562. The molecule has 0 heterocycles. The first-order chi connectivity index (χ1) is 10.6. The normalized spacial score (nSPS) is 34.3.